The molecule has 1 heterocycles. The lowest BCUT2D eigenvalue weighted by atomic mass is 10.1. The van der Waals surface area contributed by atoms with Gasteiger partial charge in [-0.1, -0.05) is 24.8 Å². The molecule has 0 bridgehead atoms. The van der Waals surface area contributed by atoms with E-state index in [1.54, 1.807) is 23.3 Å². The number of hydrogen-bond acceptors (Lipinski definition) is 2. The molecule has 88 valence electrons. The third-order valence-electron chi connectivity index (χ3n) is 2.87. The van der Waals surface area contributed by atoms with Crippen molar-refractivity contribution in [3.8, 4) is 0 Å². The summed E-state index contributed by atoms with van der Waals surface area (Å²) in [6.45, 7) is 6.26. The normalized spacial score (nSPS) is 10.5. The SMILES string of the molecule is C=CC(=O)N(C)Cc1sc2ccccc2c1C. The summed E-state index contributed by atoms with van der Waals surface area (Å²) in [4.78, 5) is 14.4. The Morgan fingerprint density at radius 3 is 2.82 bits per heavy atom. The van der Waals surface area contributed by atoms with E-state index in [1.807, 2.05) is 12.1 Å². The van der Waals surface area contributed by atoms with E-state index in [4.69, 9.17) is 0 Å². The minimum absolute atomic E-state index is 0.0399. The van der Waals surface area contributed by atoms with Crippen LogP contribution >= 0.6 is 11.3 Å². The van der Waals surface area contributed by atoms with E-state index in [9.17, 15) is 4.79 Å². The Morgan fingerprint density at radius 1 is 1.47 bits per heavy atom. The summed E-state index contributed by atoms with van der Waals surface area (Å²) in [6, 6.07) is 8.33. The quantitative estimate of drug-likeness (QED) is 0.759. The number of hydrogen-bond donors (Lipinski definition) is 0. The molecule has 0 aliphatic carbocycles. The zero-order valence-electron chi connectivity index (χ0n) is 10.1. The van der Waals surface area contributed by atoms with Gasteiger partial charge in [0, 0.05) is 16.6 Å². The molecule has 0 saturated heterocycles. The maximum Gasteiger partial charge on any atom is 0.246 e. The maximum atomic E-state index is 11.5. The Morgan fingerprint density at radius 2 is 2.18 bits per heavy atom. The standard InChI is InChI=1S/C14H15NOS/c1-4-14(16)15(3)9-13-10(2)11-7-5-6-8-12(11)17-13/h4-8H,1,9H2,2-3H3. The van der Waals surface area contributed by atoms with Gasteiger partial charge >= 0.3 is 0 Å². The van der Waals surface area contributed by atoms with Gasteiger partial charge < -0.3 is 4.90 Å². The largest absolute Gasteiger partial charge is 0.337 e. The van der Waals surface area contributed by atoms with Gasteiger partial charge in [-0.25, -0.2) is 0 Å². The molecule has 0 aliphatic heterocycles. The topological polar surface area (TPSA) is 20.3 Å². The summed E-state index contributed by atoms with van der Waals surface area (Å²) < 4.78 is 1.28. The second-order valence-electron chi connectivity index (χ2n) is 4.04. The predicted molar refractivity (Wildman–Crippen MR) is 73.2 cm³/mol. The summed E-state index contributed by atoms with van der Waals surface area (Å²) in [6.07, 6.45) is 1.35. The van der Waals surface area contributed by atoms with Crippen LogP contribution in [0.2, 0.25) is 0 Å². The fourth-order valence-electron chi connectivity index (χ4n) is 1.82. The number of benzene rings is 1. The molecule has 2 aromatic rings. The van der Waals surface area contributed by atoms with Crippen molar-refractivity contribution in [3.63, 3.8) is 0 Å². The highest BCUT2D eigenvalue weighted by atomic mass is 32.1. The van der Waals surface area contributed by atoms with Crippen molar-refractivity contribution in [1.29, 1.82) is 0 Å². The summed E-state index contributed by atoms with van der Waals surface area (Å²) in [5.74, 6) is -0.0399. The van der Waals surface area contributed by atoms with Crippen LogP contribution in [0.4, 0.5) is 0 Å². The first-order chi connectivity index (χ1) is 8.13. The Balaban J connectivity index is 2.33. The molecule has 0 radical (unpaired) electrons. The van der Waals surface area contributed by atoms with Gasteiger partial charge in [0.2, 0.25) is 5.91 Å². The first kappa shape index (κ1) is 11.9. The van der Waals surface area contributed by atoms with E-state index in [-0.39, 0.29) is 5.91 Å². The lowest BCUT2D eigenvalue weighted by Gasteiger charge is -2.14. The van der Waals surface area contributed by atoms with Gasteiger partial charge in [0.15, 0.2) is 0 Å². The summed E-state index contributed by atoms with van der Waals surface area (Å²) >= 11 is 1.75. The molecule has 17 heavy (non-hydrogen) atoms. The van der Waals surface area contributed by atoms with Crippen LogP contribution in [-0.2, 0) is 11.3 Å². The first-order valence-corrected chi connectivity index (χ1v) is 6.29. The van der Waals surface area contributed by atoms with Gasteiger partial charge in [0.05, 0.1) is 6.54 Å². The van der Waals surface area contributed by atoms with Gasteiger partial charge in [0.1, 0.15) is 0 Å². The number of carbonyl (C=O) groups excluding carboxylic acids is 1. The lowest BCUT2D eigenvalue weighted by molar-refractivity contribution is -0.125. The van der Waals surface area contributed by atoms with Crippen molar-refractivity contribution in [2.24, 2.45) is 0 Å². The zero-order valence-corrected chi connectivity index (χ0v) is 10.9. The molecule has 0 N–H and O–H groups in total. The van der Waals surface area contributed by atoms with Crippen molar-refractivity contribution < 1.29 is 4.79 Å². The average Bonchev–Trinajstić information content (AvgIpc) is 2.66. The molecule has 0 unspecified atom stereocenters. The molecule has 0 spiro atoms. The van der Waals surface area contributed by atoms with Crippen LogP contribution in [-0.4, -0.2) is 17.9 Å². The van der Waals surface area contributed by atoms with Crippen LogP contribution in [0.25, 0.3) is 10.1 Å². The molecule has 0 aliphatic rings. The van der Waals surface area contributed by atoms with Crippen molar-refractivity contribution in [2.45, 2.75) is 13.5 Å². The average molecular weight is 245 g/mol. The van der Waals surface area contributed by atoms with Gasteiger partial charge in [-0.15, -0.1) is 11.3 Å². The van der Waals surface area contributed by atoms with Gasteiger partial charge in [-0.3, -0.25) is 4.79 Å². The Bertz CT molecular complexity index is 571. The van der Waals surface area contributed by atoms with E-state index in [0.717, 1.165) is 0 Å². The van der Waals surface area contributed by atoms with Gasteiger partial charge in [0.25, 0.3) is 0 Å². The molecule has 1 amide bonds. The second kappa shape index (κ2) is 4.72. The minimum Gasteiger partial charge on any atom is -0.337 e. The number of fused-ring (bicyclic) bond motifs is 1. The molecule has 0 atom stereocenters. The molecule has 0 fully saturated rings. The maximum absolute atomic E-state index is 11.5. The minimum atomic E-state index is -0.0399. The van der Waals surface area contributed by atoms with E-state index in [2.05, 4.69) is 25.6 Å². The highest BCUT2D eigenvalue weighted by molar-refractivity contribution is 7.19. The number of rotatable bonds is 3. The van der Waals surface area contributed by atoms with Crippen LogP contribution in [0.5, 0.6) is 0 Å². The molecule has 3 heteroatoms. The van der Waals surface area contributed by atoms with Gasteiger partial charge in [-0.05, 0) is 30.0 Å². The summed E-state index contributed by atoms with van der Waals surface area (Å²) in [7, 11) is 1.80. The van der Waals surface area contributed by atoms with Crippen LogP contribution in [0.1, 0.15) is 10.4 Å². The number of carbonyl (C=O) groups is 1. The number of amides is 1. The van der Waals surface area contributed by atoms with Crippen molar-refractivity contribution in [2.75, 3.05) is 7.05 Å². The van der Waals surface area contributed by atoms with E-state index < -0.39 is 0 Å². The molecular formula is C14H15NOS. The number of thiophene rings is 1. The predicted octanol–water partition coefficient (Wildman–Crippen LogP) is 3.35. The molecule has 1 aromatic carbocycles. The van der Waals surface area contributed by atoms with Crippen molar-refractivity contribution in [3.05, 3.63) is 47.4 Å². The zero-order chi connectivity index (χ0) is 12.4. The summed E-state index contributed by atoms with van der Waals surface area (Å²) in [5.41, 5.74) is 1.27. The third-order valence-corrected chi connectivity index (χ3v) is 4.13. The van der Waals surface area contributed by atoms with Gasteiger partial charge in [-0.2, -0.15) is 0 Å². The van der Waals surface area contributed by atoms with Crippen molar-refractivity contribution >= 4 is 27.3 Å². The Hall–Kier alpha value is -1.61. The molecule has 2 rings (SSSR count). The fraction of sp³-hybridized carbons (Fsp3) is 0.214. The number of aryl methyl sites for hydroxylation is 1. The highest BCUT2D eigenvalue weighted by Gasteiger charge is 2.11. The molecular weight excluding hydrogens is 230 g/mol. The van der Waals surface area contributed by atoms with Crippen molar-refractivity contribution in [1.82, 2.24) is 4.90 Å². The lowest BCUT2D eigenvalue weighted by Crippen LogP contribution is -2.23. The van der Waals surface area contributed by atoms with Crippen LogP contribution in [0, 0.1) is 6.92 Å². The fourth-order valence-corrected chi connectivity index (χ4v) is 3.09. The molecule has 0 saturated carbocycles. The highest BCUT2D eigenvalue weighted by Crippen LogP contribution is 2.31. The third kappa shape index (κ3) is 2.24. The van der Waals surface area contributed by atoms with E-state index in [1.165, 1.54) is 26.6 Å². The molecule has 2 nitrogen and oxygen atoms in total. The van der Waals surface area contributed by atoms with Crippen LogP contribution < -0.4 is 0 Å². The Labute approximate surface area is 105 Å². The van der Waals surface area contributed by atoms with E-state index >= 15 is 0 Å². The van der Waals surface area contributed by atoms with E-state index in [0.29, 0.717) is 6.54 Å². The second-order valence-corrected chi connectivity index (χ2v) is 5.18. The smallest absolute Gasteiger partial charge is 0.246 e. The summed E-state index contributed by atoms with van der Waals surface area (Å²) in [5, 5.41) is 1.28. The monoisotopic (exact) mass is 245 g/mol. The Kier molecular flexibility index (Phi) is 3.29. The first-order valence-electron chi connectivity index (χ1n) is 5.48. The molecule has 1 aromatic heterocycles. The number of nitrogens with zero attached hydrogens (tertiary/aromatic N) is 1. The van der Waals surface area contributed by atoms with Crippen LogP contribution in [0.3, 0.4) is 0 Å². The number of likely N-dealkylation sites (N-methyl/N-ethyl adjacent to an activating group) is 1. The van der Waals surface area contributed by atoms with Crippen LogP contribution in [0.15, 0.2) is 36.9 Å².